The fourth-order valence-corrected chi connectivity index (χ4v) is 1.83. The van der Waals surface area contributed by atoms with E-state index in [0.29, 0.717) is 13.1 Å². The Labute approximate surface area is 85.2 Å². The van der Waals surface area contributed by atoms with Crippen LogP contribution in [-0.2, 0) is 13.1 Å². The van der Waals surface area contributed by atoms with E-state index >= 15 is 0 Å². The summed E-state index contributed by atoms with van der Waals surface area (Å²) in [6, 6.07) is 0. The van der Waals surface area contributed by atoms with E-state index < -0.39 is 17.1 Å². The van der Waals surface area contributed by atoms with E-state index in [1.807, 2.05) is 0 Å². The molecule has 15 heavy (non-hydrogen) atoms. The van der Waals surface area contributed by atoms with Crippen molar-refractivity contribution in [2.45, 2.75) is 38.8 Å². The van der Waals surface area contributed by atoms with Gasteiger partial charge in [-0.2, -0.15) is 0 Å². The van der Waals surface area contributed by atoms with Gasteiger partial charge in [-0.05, 0) is 12.8 Å². The molecule has 82 valence electrons. The normalized spacial score (nSPS) is 16.5. The highest BCUT2D eigenvalue weighted by Crippen LogP contribution is 2.02. The third-order valence-electron chi connectivity index (χ3n) is 2.68. The van der Waals surface area contributed by atoms with Crippen LogP contribution in [0, 0.1) is 0 Å². The molecule has 1 aliphatic heterocycles. The first-order chi connectivity index (χ1) is 7.20. The second-order valence-electron chi connectivity index (χ2n) is 3.74. The van der Waals surface area contributed by atoms with Crippen molar-refractivity contribution in [3.8, 4) is 0 Å². The minimum Gasteiger partial charge on any atom is -0.259 e. The van der Waals surface area contributed by atoms with E-state index in [4.69, 9.17) is 0 Å². The van der Waals surface area contributed by atoms with Crippen LogP contribution in [0.15, 0.2) is 14.4 Å². The fraction of sp³-hybridized carbons (Fsp3) is 0.667. The third kappa shape index (κ3) is 1.79. The first kappa shape index (κ1) is 9.95. The topological polar surface area (TPSA) is 76.9 Å². The van der Waals surface area contributed by atoms with Gasteiger partial charge >= 0.3 is 17.1 Å². The molecule has 0 unspecified atom stereocenters. The summed E-state index contributed by atoms with van der Waals surface area (Å²) in [5.74, 6) is 0. The molecule has 0 aliphatic carbocycles. The van der Waals surface area contributed by atoms with Gasteiger partial charge in [0.1, 0.15) is 0 Å². The first-order valence-electron chi connectivity index (χ1n) is 5.14. The van der Waals surface area contributed by atoms with Crippen molar-refractivity contribution in [1.29, 1.82) is 0 Å². The summed E-state index contributed by atoms with van der Waals surface area (Å²) in [7, 11) is 0. The first-order valence-corrected chi connectivity index (χ1v) is 5.14. The van der Waals surface area contributed by atoms with Gasteiger partial charge in [0.15, 0.2) is 0 Å². The smallest absolute Gasteiger partial charge is 0.259 e. The maximum Gasteiger partial charge on any atom is 0.336 e. The predicted molar refractivity (Wildman–Crippen MR) is 54.1 cm³/mol. The molecule has 0 aromatic carbocycles. The van der Waals surface area contributed by atoms with Crippen LogP contribution in [0.5, 0.6) is 0 Å². The molecule has 0 saturated heterocycles. The van der Waals surface area contributed by atoms with Crippen molar-refractivity contribution < 1.29 is 0 Å². The molecule has 0 fully saturated rings. The molecule has 6 heteroatoms. The lowest BCUT2D eigenvalue weighted by Gasteiger charge is -2.04. The molecule has 0 radical (unpaired) electrons. The molecular weight excluding hydrogens is 198 g/mol. The van der Waals surface area contributed by atoms with Crippen molar-refractivity contribution in [2.75, 3.05) is 0 Å². The maximum atomic E-state index is 11.7. The molecule has 1 aromatic rings. The molecule has 0 amide bonds. The summed E-state index contributed by atoms with van der Waals surface area (Å²) in [5, 5.41) is 0. The zero-order valence-electron chi connectivity index (χ0n) is 8.36. The second kappa shape index (κ2) is 3.88. The van der Waals surface area contributed by atoms with Gasteiger partial charge in [-0.25, -0.2) is 23.5 Å². The van der Waals surface area contributed by atoms with Crippen molar-refractivity contribution in [3.63, 3.8) is 0 Å². The van der Waals surface area contributed by atoms with Crippen LogP contribution in [0.25, 0.3) is 0 Å². The van der Waals surface area contributed by atoms with E-state index in [1.54, 1.807) is 0 Å². The number of aromatic nitrogens is 3. The number of fused-ring (bicyclic) bond motifs is 2. The highest BCUT2D eigenvalue weighted by molar-refractivity contribution is 4.75. The SMILES string of the molecule is O=c1[nH]c(=O)n2c(=O)n1CCCCCC2. The van der Waals surface area contributed by atoms with Gasteiger partial charge < -0.3 is 0 Å². The van der Waals surface area contributed by atoms with Crippen molar-refractivity contribution in [2.24, 2.45) is 0 Å². The summed E-state index contributed by atoms with van der Waals surface area (Å²) in [4.78, 5) is 36.6. The molecule has 2 bridgehead atoms. The number of hydrogen-bond acceptors (Lipinski definition) is 3. The average Bonchev–Trinajstić information content (AvgIpc) is 2.25. The van der Waals surface area contributed by atoms with Crippen LogP contribution in [0.1, 0.15) is 25.7 Å². The highest BCUT2D eigenvalue weighted by Gasteiger charge is 2.10. The molecule has 0 atom stereocenters. The monoisotopic (exact) mass is 211 g/mol. The lowest BCUT2D eigenvalue weighted by molar-refractivity contribution is 0.516. The molecule has 2 rings (SSSR count). The molecule has 6 nitrogen and oxygen atoms in total. The number of nitrogens with one attached hydrogen (secondary N) is 1. The summed E-state index contributed by atoms with van der Waals surface area (Å²) in [5.41, 5.74) is -1.67. The van der Waals surface area contributed by atoms with Crippen LogP contribution in [0.3, 0.4) is 0 Å². The average molecular weight is 211 g/mol. The highest BCUT2D eigenvalue weighted by atomic mass is 16.2. The van der Waals surface area contributed by atoms with Gasteiger partial charge in [0.25, 0.3) is 0 Å². The Hall–Kier alpha value is -1.59. The number of H-pyrrole nitrogens is 1. The van der Waals surface area contributed by atoms with Crippen LogP contribution < -0.4 is 17.1 Å². The standard InChI is InChI=1S/C9H13N3O3/c13-7-10-8(14)12-6-4-2-1-3-5-11(7)9(12)15/h1-6H2,(H,10,13,14). The van der Waals surface area contributed by atoms with Gasteiger partial charge in [0.2, 0.25) is 0 Å². The number of nitrogens with zero attached hydrogens (tertiary/aromatic N) is 2. The Balaban J connectivity index is 2.66. The Morgan fingerprint density at radius 1 is 0.800 bits per heavy atom. The molecule has 0 saturated carbocycles. The molecule has 2 heterocycles. The maximum absolute atomic E-state index is 11.7. The van der Waals surface area contributed by atoms with Crippen molar-refractivity contribution in [1.82, 2.24) is 14.1 Å². The van der Waals surface area contributed by atoms with Gasteiger partial charge in [-0.1, -0.05) is 12.8 Å². The van der Waals surface area contributed by atoms with Gasteiger partial charge in [-0.3, -0.25) is 4.98 Å². The van der Waals surface area contributed by atoms with E-state index in [-0.39, 0.29) is 0 Å². The lowest BCUT2D eigenvalue weighted by Crippen LogP contribution is -2.49. The van der Waals surface area contributed by atoms with Crippen LogP contribution in [-0.4, -0.2) is 14.1 Å². The third-order valence-corrected chi connectivity index (χ3v) is 2.68. The predicted octanol–water partition coefficient (Wildman–Crippen LogP) is -0.728. The Morgan fingerprint density at radius 2 is 1.27 bits per heavy atom. The molecule has 0 spiro atoms. The van der Waals surface area contributed by atoms with E-state index in [1.165, 1.54) is 0 Å². The Kier molecular flexibility index (Phi) is 2.57. The Bertz CT molecular complexity index is 479. The summed E-state index contributed by atoms with van der Waals surface area (Å²) in [6.07, 6.45) is 3.58. The number of hydrogen-bond donors (Lipinski definition) is 1. The van der Waals surface area contributed by atoms with Crippen LogP contribution in [0.4, 0.5) is 0 Å². The second-order valence-corrected chi connectivity index (χ2v) is 3.74. The molecule has 1 aliphatic rings. The lowest BCUT2D eigenvalue weighted by atomic mass is 10.2. The largest absolute Gasteiger partial charge is 0.336 e. The minimum atomic E-state index is -0.594. The van der Waals surface area contributed by atoms with E-state index in [2.05, 4.69) is 4.98 Å². The van der Waals surface area contributed by atoms with Gasteiger partial charge in [-0.15, -0.1) is 0 Å². The summed E-state index contributed by atoms with van der Waals surface area (Å²) in [6.45, 7) is 0.795. The van der Waals surface area contributed by atoms with Crippen molar-refractivity contribution in [3.05, 3.63) is 31.5 Å². The summed E-state index contributed by atoms with van der Waals surface area (Å²) < 4.78 is 2.21. The van der Waals surface area contributed by atoms with E-state index in [0.717, 1.165) is 34.8 Å². The molecular formula is C9H13N3O3. The number of aromatic amines is 1. The van der Waals surface area contributed by atoms with E-state index in [9.17, 15) is 14.4 Å². The zero-order chi connectivity index (χ0) is 10.8. The van der Waals surface area contributed by atoms with Crippen LogP contribution in [0.2, 0.25) is 0 Å². The minimum absolute atomic E-state index is 0.397. The molecule has 1 aromatic heterocycles. The van der Waals surface area contributed by atoms with Gasteiger partial charge in [0.05, 0.1) is 0 Å². The number of rotatable bonds is 0. The summed E-state index contributed by atoms with van der Waals surface area (Å²) >= 11 is 0. The van der Waals surface area contributed by atoms with Crippen LogP contribution >= 0.6 is 0 Å². The Morgan fingerprint density at radius 3 is 1.73 bits per heavy atom. The molecule has 1 N–H and O–H groups in total. The zero-order valence-corrected chi connectivity index (χ0v) is 8.36. The van der Waals surface area contributed by atoms with Gasteiger partial charge in [0, 0.05) is 13.1 Å². The quantitative estimate of drug-likeness (QED) is 0.614. The fourth-order valence-electron chi connectivity index (χ4n) is 1.83. The van der Waals surface area contributed by atoms with Crippen molar-refractivity contribution >= 4 is 0 Å².